The van der Waals surface area contributed by atoms with Gasteiger partial charge in [0, 0.05) is 11.6 Å². The Bertz CT molecular complexity index is 563. The number of carboxylic acid groups (broad SMARTS) is 1. The first-order chi connectivity index (χ1) is 8.11. The predicted octanol–water partition coefficient (Wildman–Crippen LogP) is 2.74. The monoisotopic (exact) mass is 235 g/mol. The molecular weight excluding hydrogens is 225 g/mol. The minimum atomic E-state index is -1.18. The Hall–Kier alpha value is -2.17. The van der Waals surface area contributed by atoms with Crippen molar-refractivity contribution in [3.8, 4) is 11.3 Å². The lowest BCUT2D eigenvalue weighted by atomic mass is 10.1. The van der Waals surface area contributed by atoms with E-state index in [-0.39, 0.29) is 11.6 Å². The average Bonchev–Trinajstić information content (AvgIpc) is 2.79. The first-order valence-corrected chi connectivity index (χ1v) is 5.10. The van der Waals surface area contributed by atoms with E-state index in [1.54, 1.807) is 6.07 Å². The molecule has 0 fully saturated rings. The van der Waals surface area contributed by atoms with Gasteiger partial charge in [0.05, 0.1) is 0 Å². The van der Waals surface area contributed by atoms with E-state index in [1.807, 2.05) is 6.92 Å². The molecule has 0 radical (unpaired) electrons. The number of aromatic nitrogens is 1. The molecule has 17 heavy (non-hydrogen) atoms. The standard InChI is InChI=1S/C12H10FNO3/c1-2-7-5-8(3-4-9(7)13)10-6-11(12(15)16)17-14-10/h3-6H,2H2,1H3,(H,15,16). The van der Waals surface area contributed by atoms with Crippen LogP contribution in [0.2, 0.25) is 0 Å². The summed E-state index contributed by atoms with van der Waals surface area (Å²) in [6, 6.07) is 5.83. The molecule has 1 aromatic carbocycles. The van der Waals surface area contributed by atoms with Crippen LogP contribution in [0.4, 0.5) is 4.39 Å². The maximum Gasteiger partial charge on any atom is 0.374 e. The van der Waals surface area contributed by atoms with E-state index in [2.05, 4.69) is 9.68 Å². The van der Waals surface area contributed by atoms with Crippen LogP contribution < -0.4 is 0 Å². The number of benzene rings is 1. The Labute approximate surface area is 96.7 Å². The number of hydrogen-bond donors (Lipinski definition) is 1. The number of carboxylic acids is 1. The molecule has 0 aliphatic rings. The highest BCUT2D eigenvalue weighted by Crippen LogP contribution is 2.22. The van der Waals surface area contributed by atoms with Gasteiger partial charge in [-0.2, -0.15) is 0 Å². The van der Waals surface area contributed by atoms with E-state index >= 15 is 0 Å². The lowest BCUT2D eigenvalue weighted by Crippen LogP contribution is -1.91. The third kappa shape index (κ3) is 2.18. The molecule has 0 saturated heterocycles. The van der Waals surface area contributed by atoms with Gasteiger partial charge in [0.15, 0.2) is 0 Å². The van der Waals surface area contributed by atoms with Crippen LogP contribution >= 0.6 is 0 Å². The summed E-state index contributed by atoms with van der Waals surface area (Å²) in [7, 11) is 0. The largest absolute Gasteiger partial charge is 0.475 e. The molecule has 0 unspecified atom stereocenters. The summed E-state index contributed by atoms with van der Waals surface area (Å²) in [4.78, 5) is 10.6. The summed E-state index contributed by atoms with van der Waals surface area (Å²) in [6.07, 6.45) is 0.559. The number of nitrogens with zero attached hydrogens (tertiary/aromatic N) is 1. The van der Waals surface area contributed by atoms with E-state index in [4.69, 9.17) is 5.11 Å². The van der Waals surface area contributed by atoms with Gasteiger partial charge in [-0.25, -0.2) is 9.18 Å². The van der Waals surface area contributed by atoms with Gasteiger partial charge in [-0.05, 0) is 30.2 Å². The normalized spacial score (nSPS) is 10.5. The van der Waals surface area contributed by atoms with Gasteiger partial charge in [-0.1, -0.05) is 12.1 Å². The molecule has 5 heteroatoms. The fourth-order valence-corrected chi connectivity index (χ4v) is 1.52. The second kappa shape index (κ2) is 4.37. The van der Waals surface area contributed by atoms with Crippen molar-refractivity contribution >= 4 is 5.97 Å². The molecule has 0 saturated carbocycles. The fraction of sp³-hybridized carbons (Fsp3) is 0.167. The maximum atomic E-state index is 13.3. The van der Waals surface area contributed by atoms with Crippen molar-refractivity contribution in [2.75, 3.05) is 0 Å². The molecule has 2 aromatic rings. The highest BCUT2D eigenvalue weighted by Gasteiger charge is 2.13. The van der Waals surface area contributed by atoms with Gasteiger partial charge >= 0.3 is 5.97 Å². The minimum absolute atomic E-state index is 0.234. The van der Waals surface area contributed by atoms with Crippen molar-refractivity contribution in [2.24, 2.45) is 0 Å². The highest BCUT2D eigenvalue weighted by atomic mass is 19.1. The topological polar surface area (TPSA) is 63.3 Å². The number of rotatable bonds is 3. The lowest BCUT2D eigenvalue weighted by Gasteiger charge is -2.01. The van der Waals surface area contributed by atoms with Gasteiger partial charge < -0.3 is 9.63 Å². The smallest absolute Gasteiger partial charge is 0.374 e. The first kappa shape index (κ1) is 11.3. The Kier molecular flexibility index (Phi) is 2.91. The van der Waals surface area contributed by atoms with Crippen LogP contribution in [0.5, 0.6) is 0 Å². The number of hydrogen-bond acceptors (Lipinski definition) is 3. The van der Waals surface area contributed by atoms with Gasteiger partial charge in [0.25, 0.3) is 0 Å². The van der Waals surface area contributed by atoms with Gasteiger partial charge in [-0.15, -0.1) is 0 Å². The molecule has 1 N–H and O–H groups in total. The molecule has 0 atom stereocenters. The van der Waals surface area contributed by atoms with E-state index < -0.39 is 5.97 Å². The zero-order valence-electron chi connectivity index (χ0n) is 9.11. The zero-order valence-corrected chi connectivity index (χ0v) is 9.11. The average molecular weight is 235 g/mol. The molecule has 0 bridgehead atoms. The molecule has 2 rings (SSSR count). The van der Waals surface area contributed by atoms with Gasteiger partial charge in [-0.3, -0.25) is 0 Å². The molecule has 4 nitrogen and oxygen atoms in total. The summed E-state index contributed by atoms with van der Waals surface area (Å²) in [6.45, 7) is 1.84. The SMILES string of the molecule is CCc1cc(-c2cc(C(=O)O)on2)ccc1F. The van der Waals surface area contributed by atoms with E-state index in [9.17, 15) is 9.18 Å². The van der Waals surface area contributed by atoms with E-state index in [0.717, 1.165) is 0 Å². The van der Waals surface area contributed by atoms with Crippen molar-refractivity contribution in [2.45, 2.75) is 13.3 Å². The van der Waals surface area contributed by atoms with Crippen LogP contribution in [0.25, 0.3) is 11.3 Å². The summed E-state index contributed by atoms with van der Waals surface area (Å²) in [5, 5.41) is 12.3. The van der Waals surface area contributed by atoms with Crippen molar-refractivity contribution in [1.29, 1.82) is 0 Å². The molecule has 0 spiro atoms. The first-order valence-electron chi connectivity index (χ1n) is 5.10. The molecule has 88 valence electrons. The van der Waals surface area contributed by atoms with Crippen LogP contribution in [-0.2, 0) is 6.42 Å². The predicted molar refractivity (Wildman–Crippen MR) is 58.2 cm³/mol. The second-order valence-electron chi connectivity index (χ2n) is 3.54. The van der Waals surface area contributed by atoms with E-state index in [0.29, 0.717) is 23.2 Å². The summed E-state index contributed by atoms with van der Waals surface area (Å²) >= 11 is 0. The number of halogens is 1. The number of carbonyl (C=O) groups is 1. The number of aromatic carboxylic acids is 1. The van der Waals surface area contributed by atoms with Crippen LogP contribution in [0.3, 0.4) is 0 Å². The van der Waals surface area contributed by atoms with Gasteiger partial charge in [0.1, 0.15) is 11.5 Å². The maximum absolute atomic E-state index is 13.3. The summed E-state index contributed by atoms with van der Waals surface area (Å²) < 4.78 is 17.9. The van der Waals surface area contributed by atoms with E-state index in [1.165, 1.54) is 18.2 Å². The third-order valence-electron chi connectivity index (χ3n) is 2.44. The molecule has 1 heterocycles. The molecule has 0 aliphatic carbocycles. The van der Waals surface area contributed by atoms with Crippen molar-refractivity contribution < 1.29 is 18.8 Å². The Balaban J connectivity index is 2.42. The van der Waals surface area contributed by atoms with Crippen molar-refractivity contribution in [3.63, 3.8) is 0 Å². The Morgan fingerprint density at radius 3 is 2.82 bits per heavy atom. The summed E-state index contributed by atoms with van der Waals surface area (Å²) in [5.41, 5.74) is 1.58. The van der Waals surface area contributed by atoms with Crippen molar-refractivity contribution in [3.05, 3.63) is 41.4 Å². The fourth-order valence-electron chi connectivity index (χ4n) is 1.52. The molecule has 0 amide bonds. The van der Waals surface area contributed by atoms with Gasteiger partial charge in [0.2, 0.25) is 5.76 Å². The highest BCUT2D eigenvalue weighted by molar-refractivity contribution is 5.85. The third-order valence-corrected chi connectivity index (χ3v) is 2.44. The van der Waals surface area contributed by atoms with Crippen LogP contribution in [-0.4, -0.2) is 16.2 Å². The minimum Gasteiger partial charge on any atom is -0.475 e. The van der Waals surface area contributed by atoms with Crippen LogP contribution in [0.1, 0.15) is 23.0 Å². The molecule has 0 aliphatic heterocycles. The number of aryl methyl sites for hydroxylation is 1. The molecular formula is C12H10FNO3. The Morgan fingerprint density at radius 1 is 1.47 bits per heavy atom. The van der Waals surface area contributed by atoms with Crippen LogP contribution in [0, 0.1) is 5.82 Å². The Morgan fingerprint density at radius 2 is 2.24 bits per heavy atom. The quantitative estimate of drug-likeness (QED) is 0.888. The second-order valence-corrected chi connectivity index (χ2v) is 3.54. The zero-order chi connectivity index (χ0) is 12.4. The van der Waals surface area contributed by atoms with Crippen molar-refractivity contribution in [1.82, 2.24) is 5.16 Å². The summed E-state index contributed by atoms with van der Waals surface area (Å²) in [5.74, 6) is -1.69. The van der Waals surface area contributed by atoms with Crippen LogP contribution in [0.15, 0.2) is 28.8 Å². The lowest BCUT2D eigenvalue weighted by molar-refractivity contribution is 0.0652. The molecule has 1 aromatic heterocycles.